The number of amides is 2. The van der Waals surface area contributed by atoms with Gasteiger partial charge in [-0.15, -0.1) is 11.8 Å². The van der Waals surface area contributed by atoms with Gasteiger partial charge in [-0.2, -0.15) is 0 Å². The Morgan fingerprint density at radius 1 is 1.10 bits per heavy atom. The summed E-state index contributed by atoms with van der Waals surface area (Å²) in [5, 5.41) is 3.80. The van der Waals surface area contributed by atoms with Crippen LogP contribution in [0.3, 0.4) is 0 Å². The molecule has 2 rings (SSSR count). The second-order valence-electron chi connectivity index (χ2n) is 7.32. The maximum Gasteiger partial charge on any atom is 0.242 e. The minimum atomic E-state index is -0.606. The van der Waals surface area contributed by atoms with Crippen LogP contribution in [0.4, 0.5) is 0 Å². The third kappa shape index (κ3) is 7.22. The lowest BCUT2D eigenvalue weighted by Crippen LogP contribution is -2.48. The van der Waals surface area contributed by atoms with E-state index in [1.807, 2.05) is 6.92 Å². The first-order chi connectivity index (χ1) is 14.2. The summed E-state index contributed by atoms with van der Waals surface area (Å²) in [5.41, 5.74) is 4.36. The highest BCUT2D eigenvalue weighted by molar-refractivity contribution is 7.99. The summed E-state index contributed by atoms with van der Waals surface area (Å²) in [5.74, 6) is 0.728. The predicted octanol–water partition coefficient (Wildman–Crippen LogP) is 5.40. The van der Waals surface area contributed by atoms with Gasteiger partial charge in [-0.05, 0) is 51.0 Å². The monoisotopic (exact) mass is 466 g/mol. The number of carbonyl (C=O) groups excluding carboxylic acids is 2. The Balaban J connectivity index is 2.11. The summed E-state index contributed by atoms with van der Waals surface area (Å²) >= 11 is 13.8. The molecule has 2 aromatic carbocycles. The van der Waals surface area contributed by atoms with E-state index < -0.39 is 6.04 Å². The van der Waals surface area contributed by atoms with E-state index in [-0.39, 0.29) is 24.1 Å². The van der Waals surface area contributed by atoms with Gasteiger partial charge in [0.25, 0.3) is 0 Å². The molecule has 0 aliphatic heterocycles. The van der Waals surface area contributed by atoms with Crippen molar-refractivity contribution in [2.24, 2.45) is 0 Å². The number of carbonyl (C=O) groups is 2. The first-order valence-corrected chi connectivity index (χ1v) is 11.8. The molecule has 0 bridgehead atoms. The number of nitrogens with zero attached hydrogens (tertiary/aromatic N) is 1. The van der Waals surface area contributed by atoms with Crippen molar-refractivity contribution in [3.8, 4) is 0 Å². The van der Waals surface area contributed by atoms with Crippen LogP contribution < -0.4 is 5.32 Å². The van der Waals surface area contributed by atoms with Crippen molar-refractivity contribution < 1.29 is 9.59 Å². The molecule has 0 aliphatic rings. The third-order valence-corrected chi connectivity index (χ3v) is 6.23. The predicted molar refractivity (Wildman–Crippen MR) is 127 cm³/mol. The van der Waals surface area contributed by atoms with E-state index in [4.69, 9.17) is 23.2 Å². The lowest BCUT2D eigenvalue weighted by molar-refractivity contribution is -0.138. The maximum absolute atomic E-state index is 13.1. The first-order valence-electron chi connectivity index (χ1n) is 9.87. The normalized spacial score (nSPS) is 11.8. The Hall–Kier alpha value is -1.69. The molecule has 7 heteroatoms. The largest absolute Gasteiger partial charge is 0.355 e. The van der Waals surface area contributed by atoms with Crippen LogP contribution >= 0.6 is 35.0 Å². The molecule has 2 aromatic rings. The second kappa shape index (κ2) is 11.6. The first kappa shape index (κ1) is 24.6. The lowest BCUT2D eigenvalue weighted by atomic mass is 10.1. The summed E-state index contributed by atoms with van der Waals surface area (Å²) in [6.07, 6.45) is 0. The number of likely N-dealkylation sites (N-methyl/N-ethyl adjacent to an activating group) is 1. The van der Waals surface area contributed by atoms with Gasteiger partial charge in [0, 0.05) is 28.9 Å². The molecular weight excluding hydrogens is 439 g/mol. The number of hydrogen-bond donors (Lipinski definition) is 1. The van der Waals surface area contributed by atoms with Crippen LogP contribution in [0.25, 0.3) is 0 Å². The van der Waals surface area contributed by atoms with Crippen molar-refractivity contribution in [3.05, 3.63) is 68.7 Å². The molecule has 0 aromatic heterocycles. The zero-order valence-electron chi connectivity index (χ0n) is 17.8. The average Bonchev–Trinajstić information content (AvgIpc) is 2.66. The molecule has 1 unspecified atom stereocenters. The summed E-state index contributed by atoms with van der Waals surface area (Å²) < 4.78 is 0. The van der Waals surface area contributed by atoms with Crippen LogP contribution in [0.5, 0.6) is 0 Å². The highest BCUT2D eigenvalue weighted by Crippen LogP contribution is 2.24. The fraction of sp³-hybridized carbons (Fsp3) is 0.391. The van der Waals surface area contributed by atoms with Gasteiger partial charge in [-0.1, -0.05) is 58.6 Å². The second-order valence-corrected chi connectivity index (χ2v) is 9.15. The fourth-order valence-electron chi connectivity index (χ4n) is 3.23. The number of thioether (sulfide) groups is 1. The van der Waals surface area contributed by atoms with Crippen molar-refractivity contribution in [2.75, 3.05) is 12.3 Å². The van der Waals surface area contributed by atoms with Gasteiger partial charge in [0.2, 0.25) is 11.8 Å². The highest BCUT2D eigenvalue weighted by Gasteiger charge is 2.26. The molecule has 1 N–H and O–H groups in total. The molecule has 30 heavy (non-hydrogen) atoms. The molecule has 0 saturated carbocycles. The van der Waals surface area contributed by atoms with Crippen LogP contribution in [-0.2, 0) is 21.9 Å². The van der Waals surface area contributed by atoms with Gasteiger partial charge in [-0.3, -0.25) is 9.59 Å². The van der Waals surface area contributed by atoms with E-state index in [1.54, 1.807) is 41.8 Å². The van der Waals surface area contributed by atoms with Crippen molar-refractivity contribution in [1.82, 2.24) is 10.2 Å². The zero-order valence-corrected chi connectivity index (χ0v) is 20.1. The minimum Gasteiger partial charge on any atom is -0.355 e. The van der Waals surface area contributed by atoms with Crippen LogP contribution in [0.1, 0.15) is 36.1 Å². The lowest BCUT2D eigenvalue weighted by Gasteiger charge is -2.29. The number of aryl methyl sites for hydroxylation is 2. The summed E-state index contributed by atoms with van der Waals surface area (Å²) in [4.78, 5) is 27.1. The Bertz CT molecular complexity index is 885. The summed E-state index contributed by atoms with van der Waals surface area (Å²) in [7, 11) is 0. The molecule has 0 radical (unpaired) electrons. The molecule has 0 heterocycles. The van der Waals surface area contributed by atoms with Crippen molar-refractivity contribution in [3.63, 3.8) is 0 Å². The molecular formula is C23H28Cl2N2O2S. The van der Waals surface area contributed by atoms with E-state index in [0.29, 0.717) is 16.6 Å². The number of halogens is 2. The van der Waals surface area contributed by atoms with Crippen LogP contribution in [0, 0.1) is 13.8 Å². The van der Waals surface area contributed by atoms with Crippen LogP contribution in [0.15, 0.2) is 36.4 Å². The van der Waals surface area contributed by atoms with E-state index >= 15 is 0 Å². The smallest absolute Gasteiger partial charge is 0.242 e. The van der Waals surface area contributed by atoms with Gasteiger partial charge in [0.15, 0.2) is 0 Å². The van der Waals surface area contributed by atoms with Crippen molar-refractivity contribution in [2.45, 2.75) is 46.0 Å². The number of rotatable bonds is 9. The summed E-state index contributed by atoms with van der Waals surface area (Å²) in [6.45, 7) is 8.48. The molecule has 4 nitrogen and oxygen atoms in total. The Kier molecular flexibility index (Phi) is 9.53. The molecule has 0 aliphatic carbocycles. The standard InChI is InChI=1S/C23H28Cl2N2O2S/c1-5-26-23(29)17(4)27(12-19-6-7-20(24)11-21(19)25)22(28)14-30-13-18-9-15(2)8-16(3)10-18/h6-11,17H,5,12-14H2,1-4H3,(H,26,29). The Labute approximate surface area is 193 Å². The fourth-order valence-corrected chi connectivity index (χ4v) is 4.54. The Morgan fingerprint density at radius 3 is 2.37 bits per heavy atom. The van der Waals surface area contributed by atoms with Crippen molar-refractivity contribution >= 4 is 46.8 Å². The molecule has 1 atom stereocenters. The third-order valence-electron chi connectivity index (χ3n) is 4.65. The Morgan fingerprint density at radius 2 is 1.77 bits per heavy atom. The minimum absolute atomic E-state index is 0.103. The molecule has 0 fully saturated rings. The quantitative estimate of drug-likeness (QED) is 0.538. The maximum atomic E-state index is 13.1. The van der Waals surface area contributed by atoms with E-state index in [9.17, 15) is 9.59 Å². The topological polar surface area (TPSA) is 49.4 Å². The number of benzene rings is 2. The van der Waals surface area contributed by atoms with Gasteiger partial charge in [0.05, 0.1) is 5.75 Å². The van der Waals surface area contributed by atoms with Gasteiger partial charge < -0.3 is 10.2 Å². The molecule has 2 amide bonds. The number of hydrogen-bond acceptors (Lipinski definition) is 3. The summed E-state index contributed by atoms with van der Waals surface area (Å²) in [6, 6.07) is 11.0. The van der Waals surface area contributed by atoms with E-state index in [0.717, 1.165) is 11.3 Å². The van der Waals surface area contributed by atoms with Crippen molar-refractivity contribution in [1.29, 1.82) is 0 Å². The van der Waals surface area contributed by atoms with Gasteiger partial charge >= 0.3 is 0 Å². The molecule has 0 saturated heterocycles. The average molecular weight is 467 g/mol. The molecule has 162 valence electrons. The number of nitrogens with one attached hydrogen (secondary N) is 1. The van der Waals surface area contributed by atoms with Crippen LogP contribution in [-0.4, -0.2) is 35.1 Å². The molecule has 0 spiro atoms. The highest BCUT2D eigenvalue weighted by atomic mass is 35.5. The van der Waals surface area contributed by atoms with E-state index in [1.165, 1.54) is 16.7 Å². The van der Waals surface area contributed by atoms with Crippen LogP contribution in [0.2, 0.25) is 10.0 Å². The SMILES string of the molecule is CCNC(=O)C(C)N(Cc1ccc(Cl)cc1Cl)C(=O)CSCc1cc(C)cc(C)c1. The van der Waals surface area contributed by atoms with E-state index in [2.05, 4.69) is 37.4 Å². The van der Waals surface area contributed by atoms with Gasteiger partial charge in [0.1, 0.15) is 6.04 Å². The zero-order chi connectivity index (χ0) is 22.3. The van der Waals surface area contributed by atoms with Gasteiger partial charge in [-0.25, -0.2) is 0 Å².